The Morgan fingerprint density at radius 1 is 0.441 bits per heavy atom. The van der Waals surface area contributed by atoms with Crippen molar-refractivity contribution in [1.29, 1.82) is 0 Å². The summed E-state index contributed by atoms with van der Waals surface area (Å²) in [6.07, 6.45) is 4.46. The molecule has 4 nitrogen and oxygen atoms in total. The van der Waals surface area contributed by atoms with Crippen LogP contribution >= 0.6 is 0 Å². The van der Waals surface area contributed by atoms with Crippen molar-refractivity contribution in [2.75, 3.05) is 0 Å². The Balaban J connectivity index is 0.000000148. The summed E-state index contributed by atoms with van der Waals surface area (Å²) in [5.74, 6) is 0. The van der Waals surface area contributed by atoms with Crippen molar-refractivity contribution in [2.24, 2.45) is 28.2 Å². The van der Waals surface area contributed by atoms with Gasteiger partial charge in [-0.15, -0.1) is 0 Å². The summed E-state index contributed by atoms with van der Waals surface area (Å²) in [5, 5.41) is 10.1. The molecule has 4 aromatic heterocycles. The van der Waals surface area contributed by atoms with Gasteiger partial charge in [-0.2, -0.15) is 0 Å². The zero-order valence-corrected chi connectivity index (χ0v) is 34.4. The lowest BCUT2D eigenvalue weighted by Gasteiger charge is -2.07. The minimum atomic E-state index is -2.09. The van der Waals surface area contributed by atoms with Crippen molar-refractivity contribution < 1.29 is 13.2 Å². The molecule has 0 N–H and O–H groups in total. The van der Waals surface area contributed by atoms with Gasteiger partial charge in [-0.3, -0.25) is 0 Å². The quantitative estimate of drug-likeness (QED) is 0.159. The van der Waals surface area contributed by atoms with Gasteiger partial charge in [0.25, 0.3) is 0 Å². The van der Waals surface area contributed by atoms with Crippen LogP contribution < -0.4 is 9.13 Å². The van der Waals surface area contributed by atoms with Crippen LogP contribution in [0.15, 0.2) is 164 Å². The van der Waals surface area contributed by atoms with E-state index in [9.17, 15) is 0 Å². The molecule has 286 valence electrons. The zero-order valence-electron chi connectivity index (χ0n) is 37.4. The Labute approximate surface area is 349 Å². The first-order valence-corrected chi connectivity index (χ1v) is 20.2. The molecule has 0 saturated carbocycles. The van der Waals surface area contributed by atoms with E-state index in [4.69, 9.17) is 4.11 Å². The second kappa shape index (κ2) is 14.1. The van der Waals surface area contributed by atoms with Gasteiger partial charge in [0.1, 0.15) is 14.1 Å². The first-order chi connectivity index (χ1) is 29.9. The van der Waals surface area contributed by atoms with Gasteiger partial charge in [-0.05, 0) is 71.9 Å². The number of nitrogens with zero attached hydrogens (tertiary/aromatic N) is 4. The fourth-order valence-corrected chi connectivity index (χ4v) is 9.37. The molecule has 0 fully saturated rings. The second-order valence-corrected chi connectivity index (χ2v) is 16.0. The van der Waals surface area contributed by atoms with Gasteiger partial charge in [0.2, 0.25) is 11.4 Å². The Kier molecular flexibility index (Phi) is 7.89. The Morgan fingerprint density at radius 2 is 1.00 bits per heavy atom. The third-order valence-corrected chi connectivity index (χ3v) is 12.4. The molecule has 0 amide bonds. The third-order valence-electron chi connectivity index (χ3n) is 12.4. The van der Waals surface area contributed by atoms with E-state index in [1.165, 1.54) is 87.6 Å². The van der Waals surface area contributed by atoms with Crippen LogP contribution in [0.25, 0.3) is 98.8 Å². The number of fused-ring (bicyclic) bond motifs is 10. The molecule has 0 aliphatic rings. The first-order valence-electron chi connectivity index (χ1n) is 21.7. The predicted octanol–water partition coefficient (Wildman–Crippen LogP) is 12.5. The smallest absolute Gasteiger partial charge is 0.214 e. The molecule has 59 heavy (non-hydrogen) atoms. The fourth-order valence-electron chi connectivity index (χ4n) is 9.37. The number of hydrogen-bond donors (Lipinski definition) is 0. The summed E-state index contributed by atoms with van der Waals surface area (Å²) in [4.78, 5) is 0. The molecule has 0 spiro atoms. The van der Waals surface area contributed by atoms with Crippen LogP contribution in [-0.4, -0.2) is 9.13 Å². The van der Waals surface area contributed by atoms with Crippen LogP contribution in [0.1, 0.15) is 20.8 Å². The molecule has 4 heteroatoms. The summed E-state index contributed by atoms with van der Waals surface area (Å²) in [7, 11) is 8.50. The van der Waals surface area contributed by atoms with Crippen molar-refractivity contribution in [2.45, 2.75) is 20.7 Å². The van der Waals surface area contributed by atoms with Crippen molar-refractivity contribution in [3.05, 3.63) is 181 Å². The molecule has 0 atom stereocenters. The third kappa shape index (κ3) is 5.98. The fraction of sp³-hybridized carbons (Fsp3) is 0.127. The van der Waals surface area contributed by atoms with E-state index in [0.29, 0.717) is 5.56 Å². The second-order valence-electron chi connectivity index (χ2n) is 16.0. The highest BCUT2D eigenvalue weighted by Gasteiger charge is 2.21. The van der Waals surface area contributed by atoms with Gasteiger partial charge in [0, 0.05) is 63.0 Å². The van der Waals surface area contributed by atoms with Gasteiger partial charge in [-0.25, -0.2) is 9.13 Å². The van der Waals surface area contributed by atoms with E-state index in [-0.39, 0.29) is 0 Å². The Morgan fingerprint density at radius 3 is 1.64 bits per heavy atom. The molecule has 0 aliphatic carbocycles. The molecule has 0 bridgehead atoms. The zero-order chi connectivity index (χ0) is 43.0. The summed E-state index contributed by atoms with van der Waals surface area (Å²) in [6.45, 7) is 2.06. The van der Waals surface area contributed by atoms with Crippen LogP contribution in [0.3, 0.4) is 0 Å². The number of pyridine rings is 2. The number of aromatic nitrogens is 4. The van der Waals surface area contributed by atoms with Crippen molar-refractivity contribution in [1.82, 2.24) is 9.13 Å². The van der Waals surface area contributed by atoms with E-state index in [1.807, 2.05) is 20.0 Å². The lowest BCUT2D eigenvalue weighted by Crippen LogP contribution is -2.30. The van der Waals surface area contributed by atoms with Crippen molar-refractivity contribution in [3.63, 3.8) is 0 Å². The Hall–Kier alpha value is -7.04. The SMILES string of the molecule is Cc1ccccc1-c1cc2c(c[n+]1C)c1ccc3cc(-c4ccccc4)ccc3c1n2C.[2H]C([2H])([2H])c1ccc(-c2cc3c(c[n+]2C)c2ccc4ccccc4c2n3C)c(C)c1. The number of aryl methyl sites for hydroxylation is 7. The summed E-state index contributed by atoms with van der Waals surface area (Å²) >= 11 is 0. The largest absolute Gasteiger partial charge is 0.343 e. The number of hydrogen-bond acceptors (Lipinski definition) is 0. The molecule has 0 aliphatic heterocycles. The number of rotatable bonds is 3. The standard InChI is InChI=1S/C30H25N2.C25H23N2/c1-20-9-7-8-12-24(20)28-18-29-27(19-31(28)2)26-16-14-23-17-22(21-10-5-4-6-11-21)13-15-25(23)30(26)32(29)3;1-16-9-11-19(17(2)13-16)23-14-24-22(15-26(23)3)21-12-10-18-7-5-6-8-20(18)25(21)27(24)4/h4-19H,1-3H3;5-15H,1-4H3/q2*+1/i;1D3. The van der Waals surface area contributed by atoms with Gasteiger partial charge >= 0.3 is 0 Å². The molecule has 0 saturated heterocycles. The highest BCUT2D eigenvalue weighted by atomic mass is 15.0. The maximum absolute atomic E-state index is 7.68. The molecular formula is C55H48N4+2. The van der Waals surface area contributed by atoms with E-state index in [1.54, 1.807) is 12.1 Å². The molecule has 11 aromatic rings. The van der Waals surface area contributed by atoms with E-state index in [0.717, 1.165) is 22.3 Å². The average molecular weight is 768 g/mol. The summed E-state index contributed by atoms with van der Waals surface area (Å²) in [6, 6.07) is 53.4. The summed E-state index contributed by atoms with van der Waals surface area (Å²) < 4.78 is 32.0. The van der Waals surface area contributed by atoms with Crippen LogP contribution in [0, 0.1) is 20.7 Å². The Bertz CT molecular complexity index is 3580. The van der Waals surface area contributed by atoms with Gasteiger partial charge < -0.3 is 9.13 Å². The first kappa shape index (κ1) is 33.0. The van der Waals surface area contributed by atoms with E-state index >= 15 is 0 Å². The highest BCUT2D eigenvalue weighted by Crippen LogP contribution is 2.37. The van der Waals surface area contributed by atoms with E-state index in [2.05, 4.69) is 192 Å². The minimum Gasteiger partial charge on any atom is -0.343 e. The van der Waals surface area contributed by atoms with Crippen LogP contribution in [0.5, 0.6) is 0 Å². The maximum Gasteiger partial charge on any atom is 0.214 e. The normalized spacial score (nSPS) is 12.6. The van der Waals surface area contributed by atoms with Crippen molar-refractivity contribution >= 4 is 65.2 Å². The van der Waals surface area contributed by atoms with Gasteiger partial charge in [0.05, 0.1) is 32.8 Å². The van der Waals surface area contributed by atoms with E-state index < -0.39 is 6.85 Å². The lowest BCUT2D eigenvalue weighted by molar-refractivity contribution is -0.659. The van der Waals surface area contributed by atoms with Gasteiger partial charge in [-0.1, -0.05) is 127 Å². The average Bonchev–Trinajstić information content (AvgIpc) is 3.71. The van der Waals surface area contributed by atoms with Crippen LogP contribution in [0.4, 0.5) is 0 Å². The number of benzene rings is 7. The maximum atomic E-state index is 7.68. The van der Waals surface area contributed by atoms with Crippen molar-refractivity contribution in [3.8, 4) is 33.6 Å². The van der Waals surface area contributed by atoms with Gasteiger partial charge in [0.15, 0.2) is 12.4 Å². The predicted molar refractivity (Wildman–Crippen MR) is 249 cm³/mol. The minimum absolute atomic E-state index is 0.378. The molecule has 0 unspecified atom stereocenters. The van der Waals surface area contributed by atoms with Crippen LogP contribution in [0.2, 0.25) is 0 Å². The summed E-state index contributed by atoms with van der Waals surface area (Å²) in [5.41, 5.74) is 14.7. The highest BCUT2D eigenvalue weighted by molar-refractivity contribution is 6.19. The lowest BCUT2D eigenvalue weighted by atomic mass is 9.99. The molecule has 11 rings (SSSR count). The molecule has 0 radical (unpaired) electrons. The van der Waals surface area contributed by atoms with Crippen LogP contribution in [-0.2, 0) is 28.2 Å². The topological polar surface area (TPSA) is 17.6 Å². The molecular weight excluding hydrogens is 717 g/mol. The monoisotopic (exact) mass is 767 g/mol. The molecule has 4 heterocycles. The molecule has 7 aromatic carbocycles.